The van der Waals surface area contributed by atoms with Crippen LogP contribution < -0.4 is 0 Å². The number of carbonyl (C=O) groups excluding carboxylic acids is 3. The number of allylic oxidation sites excluding steroid dienone is 1. The van der Waals surface area contributed by atoms with Gasteiger partial charge in [0.15, 0.2) is 0 Å². The molecule has 0 radical (unpaired) electrons. The predicted molar refractivity (Wildman–Crippen MR) is 115 cm³/mol. The summed E-state index contributed by atoms with van der Waals surface area (Å²) in [6.45, 7) is 4.00. The quantitative estimate of drug-likeness (QED) is 0.182. The third kappa shape index (κ3) is 9.73. The molecule has 1 aliphatic rings. The minimum absolute atomic E-state index is 0.0579. The van der Waals surface area contributed by atoms with Gasteiger partial charge in [-0.1, -0.05) is 82.5 Å². The van der Waals surface area contributed by atoms with Gasteiger partial charge in [-0.15, -0.1) is 0 Å². The Bertz CT molecular complexity index is 480. The molecule has 0 aromatic carbocycles. The highest BCUT2D eigenvalue weighted by molar-refractivity contribution is 8.14. The van der Waals surface area contributed by atoms with Crippen molar-refractivity contribution in [3.05, 3.63) is 12.2 Å². The molecule has 0 unspecified atom stereocenters. The largest absolute Gasteiger partial charge is 0.299 e. The zero-order chi connectivity index (χ0) is 20.0. The van der Waals surface area contributed by atoms with Crippen molar-refractivity contribution >= 4 is 28.4 Å². The lowest BCUT2D eigenvalue weighted by molar-refractivity contribution is -0.134. The van der Waals surface area contributed by atoms with Gasteiger partial charge in [0.1, 0.15) is 11.6 Å². The van der Waals surface area contributed by atoms with Crippen molar-refractivity contribution in [2.45, 2.75) is 104 Å². The summed E-state index contributed by atoms with van der Waals surface area (Å²) >= 11 is 1.38. The first kappa shape index (κ1) is 24.1. The molecular weight excluding hydrogens is 356 g/mol. The maximum atomic E-state index is 11.9. The summed E-state index contributed by atoms with van der Waals surface area (Å²) in [6, 6.07) is 0. The van der Waals surface area contributed by atoms with Crippen LogP contribution in [0.5, 0.6) is 0 Å². The van der Waals surface area contributed by atoms with Gasteiger partial charge in [-0.05, 0) is 32.3 Å². The minimum Gasteiger partial charge on any atom is -0.299 e. The van der Waals surface area contributed by atoms with E-state index in [0.29, 0.717) is 25.7 Å². The van der Waals surface area contributed by atoms with E-state index in [0.717, 1.165) is 12.2 Å². The fourth-order valence-corrected chi connectivity index (χ4v) is 4.32. The minimum atomic E-state index is -0.809. The van der Waals surface area contributed by atoms with Gasteiger partial charge >= 0.3 is 0 Å². The first-order chi connectivity index (χ1) is 13.0. The van der Waals surface area contributed by atoms with Crippen LogP contribution in [0.1, 0.15) is 104 Å². The van der Waals surface area contributed by atoms with Gasteiger partial charge < -0.3 is 0 Å². The Morgan fingerprint density at radius 3 is 2.00 bits per heavy atom. The number of hydrogen-bond acceptors (Lipinski definition) is 4. The summed E-state index contributed by atoms with van der Waals surface area (Å²) in [5.74, 6) is 0.999. The van der Waals surface area contributed by atoms with Gasteiger partial charge in [-0.25, -0.2) is 0 Å². The first-order valence-corrected chi connectivity index (χ1v) is 11.9. The molecular formula is C23H38O3S. The van der Waals surface area contributed by atoms with Gasteiger partial charge in [0.2, 0.25) is 5.12 Å². The molecule has 0 bridgehead atoms. The Kier molecular flexibility index (Phi) is 12.6. The van der Waals surface area contributed by atoms with Crippen molar-refractivity contribution < 1.29 is 14.4 Å². The van der Waals surface area contributed by atoms with E-state index >= 15 is 0 Å². The van der Waals surface area contributed by atoms with Crippen LogP contribution in [0.3, 0.4) is 0 Å². The van der Waals surface area contributed by atoms with Gasteiger partial charge in [-0.3, -0.25) is 14.4 Å². The second-order valence-electron chi connectivity index (χ2n) is 7.97. The van der Waals surface area contributed by atoms with E-state index in [2.05, 4.69) is 6.92 Å². The fourth-order valence-electron chi connectivity index (χ4n) is 3.58. The maximum Gasteiger partial charge on any atom is 0.211 e. The van der Waals surface area contributed by atoms with E-state index in [4.69, 9.17) is 0 Å². The lowest BCUT2D eigenvalue weighted by Crippen LogP contribution is -2.28. The fraction of sp³-hybridized carbons (Fsp3) is 0.783. The Labute approximate surface area is 170 Å². The molecule has 3 nitrogen and oxygen atoms in total. The average Bonchev–Trinajstić information content (AvgIpc) is 2.91. The highest BCUT2D eigenvalue weighted by Crippen LogP contribution is 2.35. The average molecular weight is 395 g/mol. The molecule has 0 aliphatic heterocycles. The lowest BCUT2D eigenvalue weighted by atomic mass is 9.82. The second-order valence-corrected chi connectivity index (χ2v) is 9.07. The van der Waals surface area contributed by atoms with Crippen LogP contribution >= 0.6 is 11.8 Å². The van der Waals surface area contributed by atoms with Crippen LogP contribution in [0, 0.1) is 5.41 Å². The molecule has 1 saturated carbocycles. The summed E-state index contributed by atoms with van der Waals surface area (Å²) in [5.41, 5.74) is -0.809. The molecule has 1 rings (SSSR count). The van der Waals surface area contributed by atoms with Crippen LogP contribution in [0.15, 0.2) is 12.2 Å². The zero-order valence-electron chi connectivity index (χ0n) is 17.4. The van der Waals surface area contributed by atoms with Crippen molar-refractivity contribution in [2.75, 3.05) is 5.75 Å². The van der Waals surface area contributed by atoms with Crippen LogP contribution in [0.25, 0.3) is 0 Å². The van der Waals surface area contributed by atoms with Crippen molar-refractivity contribution in [3.63, 3.8) is 0 Å². The highest BCUT2D eigenvalue weighted by atomic mass is 32.2. The van der Waals surface area contributed by atoms with Crippen LogP contribution in [-0.2, 0) is 14.4 Å². The summed E-state index contributed by atoms with van der Waals surface area (Å²) in [5, 5.41) is 0.0835. The van der Waals surface area contributed by atoms with E-state index in [1.807, 2.05) is 6.08 Å². The van der Waals surface area contributed by atoms with E-state index in [-0.39, 0.29) is 16.7 Å². The number of ketones is 2. The summed E-state index contributed by atoms with van der Waals surface area (Å²) in [6.07, 6.45) is 18.4. The molecule has 0 heterocycles. The summed E-state index contributed by atoms with van der Waals surface area (Å²) in [4.78, 5) is 35.5. The van der Waals surface area contributed by atoms with Crippen molar-refractivity contribution in [1.82, 2.24) is 0 Å². The van der Waals surface area contributed by atoms with E-state index < -0.39 is 5.41 Å². The lowest BCUT2D eigenvalue weighted by Gasteiger charge is -2.18. The van der Waals surface area contributed by atoms with E-state index in [9.17, 15) is 14.4 Å². The molecule has 1 aliphatic carbocycles. The molecule has 0 aromatic heterocycles. The summed E-state index contributed by atoms with van der Waals surface area (Å²) < 4.78 is 0. The van der Waals surface area contributed by atoms with Gasteiger partial charge in [0.05, 0.1) is 5.41 Å². The maximum absolute atomic E-state index is 11.9. The third-order valence-corrected chi connectivity index (χ3v) is 6.53. The van der Waals surface area contributed by atoms with Gasteiger partial charge in [0, 0.05) is 18.6 Å². The number of unbranched alkanes of at least 4 members (excludes halogenated alkanes) is 9. The summed E-state index contributed by atoms with van der Waals surface area (Å²) in [7, 11) is 0. The zero-order valence-corrected chi connectivity index (χ0v) is 18.2. The monoisotopic (exact) mass is 394 g/mol. The number of carbonyl (C=O) groups is 3. The Morgan fingerprint density at radius 1 is 0.926 bits per heavy atom. The number of thioether (sulfide) groups is 1. The van der Waals surface area contributed by atoms with Gasteiger partial charge in [0.25, 0.3) is 0 Å². The second kappa shape index (κ2) is 14.1. The third-order valence-electron chi connectivity index (χ3n) is 5.62. The smallest absolute Gasteiger partial charge is 0.211 e. The van der Waals surface area contributed by atoms with Crippen LogP contribution in [0.2, 0.25) is 0 Å². The van der Waals surface area contributed by atoms with Gasteiger partial charge in [-0.2, -0.15) is 0 Å². The molecule has 0 spiro atoms. The van der Waals surface area contributed by atoms with Crippen molar-refractivity contribution in [1.29, 1.82) is 0 Å². The Balaban J connectivity index is 1.97. The molecule has 0 N–H and O–H groups in total. The van der Waals surface area contributed by atoms with E-state index in [1.165, 1.54) is 69.5 Å². The molecule has 154 valence electrons. The number of rotatable bonds is 15. The molecule has 0 amide bonds. The SMILES string of the molecule is CCCCCCCCCCCCSC(=O)/C=C/CCC1(C)C(=O)CCC1=O. The Morgan fingerprint density at radius 2 is 1.44 bits per heavy atom. The molecule has 27 heavy (non-hydrogen) atoms. The first-order valence-electron chi connectivity index (χ1n) is 10.9. The Hall–Kier alpha value is -0.900. The predicted octanol–water partition coefficient (Wildman–Crippen LogP) is 6.44. The van der Waals surface area contributed by atoms with Crippen LogP contribution in [0.4, 0.5) is 0 Å². The van der Waals surface area contributed by atoms with E-state index in [1.54, 1.807) is 13.0 Å². The number of hydrogen-bond donors (Lipinski definition) is 0. The molecule has 0 atom stereocenters. The standard InChI is InChI=1S/C23H38O3S/c1-3-4-5-6-7-8-9-10-11-14-19-27-22(26)15-12-13-18-23(2)20(24)16-17-21(23)25/h12,15H,3-11,13-14,16-19H2,1-2H3/b15-12+. The highest BCUT2D eigenvalue weighted by Gasteiger charge is 2.44. The number of Topliss-reactive ketones (excluding diaryl/α,β-unsaturated/α-hetero) is 2. The normalized spacial score (nSPS) is 16.5. The molecule has 0 aromatic rings. The molecule has 0 saturated heterocycles. The van der Waals surface area contributed by atoms with Crippen LogP contribution in [-0.4, -0.2) is 22.4 Å². The van der Waals surface area contributed by atoms with Crippen molar-refractivity contribution in [3.8, 4) is 0 Å². The van der Waals surface area contributed by atoms with Crippen molar-refractivity contribution in [2.24, 2.45) is 5.41 Å². The molecule has 1 fully saturated rings. The topological polar surface area (TPSA) is 51.2 Å². The molecule has 4 heteroatoms.